The van der Waals surface area contributed by atoms with Gasteiger partial charge in [-0.2, -0.15) is 5.06 Å². The molecule has 1 aromatic carbocycles. The van der Waals surface area contributed by atoms with E-state index >= 15 is 0 Å². The first-order valence-corrected chi connectivity index (χ1v) is 8.01. The van der Waals surface area contributed by atoms with Gasteiger partial charge in [0.25, 0.3) is 5.91 Å². The van der Waals surface area contributed by atoms with Crippen molar-refractivity contribution >= 4 is 24.2 Å². The lowest BCUT2D eigenvalue weighted by Crippen LogP contribution is -2.44. The summed E-state index contributed by atoms with van der Waals surface area (Å²) in [5.74, 6) is -0.101. The predicted octanol–water partition coefficient (Wildman–Crippen LogP) is 2.95. The molecule has 0 aromatic heterocycles. The van der Waals surface area contributed by atoms with Crippen LogP contribution in [-0.2, 0) is 16.1 Å². The average molecular weight is 309 g/mol. The van der Waals surface area contributed by atoms with Gasteiger partial charge in [-0.3, -0.25) is 4.79 Å². The number of rotatable bonds is 6. The van der Waals surface area contributed by atoms with E-state index in [1.807, 2.05) is 24.3 Å². The lowest BCUT2D eigenvalue weighted by Gasteiger charge is -2.34. The van der Waals surface area contributed by atoms with Crippen LogP contribution in [0.25, 0.3) is 0 Å². The standard InChI is InChI=1S/C16H23NO3S/c1-3-4-7-13-10-12-8-5-6-9-14(12)17(15(13)19)20-16(21)11(2)18/h5-6,8-9,11,13,16,18,21H,3-4,7,10H2,1-2H3. The Balaban J connectivity index is 2.24. The quantitative estimate of drug-likeness (QED) is 0.627. The van der Waals surface area contributed by atoms with Crippen LogP contribution in [0.5, 0.6) is 0 Å². The zero-order chi connectivity index (χ0) is 15.4. The number of hydrogen-bond acceptors (Lipinski definition) is 4. The molecule has 1 N–H and O–H groups in total. The van der Waals surface area contributed by atoms with E-state index in [1.54, 1.807) is 6.92 Å². The van der Waals surface area contributed by atoms with Gasteiger partial charge < -0.3 is 5.11 Å². The van der Waals surface area contributed by atoms with Gasteiger partial charge in [-0.05, 0) is 31.4 Å². The van der Waals surface area contributed by atoms with E-state index in [9.17, 15) is 9.90 Å². The van der Waals surface area contributed by atoms with Gasteiger partial charge in [-0.1, -0.05) is 38.0 Å². The van der Waals surface area contributed by atoms with Gasteiger partial charge in [0, 0.05) is 5.92 Å². The van der Waals surface area contributed by atoms with Crippen LogP contribution >= 0.6 is 12.6 Å². The molecule has 0 bridgehead atoms. The minimum atomic E-state index is -0.760. The van der Waals surface area contributed by atoms with Crippen molar-refractivity contribution < 1.29 is 14.7 Å². The monoisotopic (exact) mass is 309 g/mol. The third-order valence-corrected chi connectivity index (χ3v) is 4.28. The molecule has 0 saturated carbocycles. The van der Waals surface area contributed by atoms with Crippen molar-refractivity contribution in [3.05, 3.63) is 29.8 Å². The molecule has 1 aromatic rings. The number of hydrogen-bond donors (Lipinski definition) is 2. The van der Waals surface area contributed by atoms with Crippen molar-refractivity contribution in [1.29, 1.82) is 0 Å². The van der Waals surface area contributed by atoms with Gasteiger partial charge in [0.1, 0.15) is 0 Å². The highest BCUT2D eigenvalue weighted by Gasteiger charge is 2.34. The van der Waals surface area contributed by atoms with Gasteiger partial charge in [0.15, 0.2) is 5.44 Å². The summed E-state index contributed by atoms with van der Waals surface area (Å²) in [5.41, 5.74) is 1.13. The Kier molecular flexibility index (Phi) is 5.67. The molecule has 0 aliphatic carbocycles. The molecule has 116 valence electrons. The number of carbonyl (C=O) groups is 1. The second-order valence-corrected chi connectivity index (χ2v) is 6.05. The Morgan fingerprint density at radius 1 is 1.48 bits per heavy atom. The van der Waals surface area contributed by atoms with Crippen molar-refractivity contribution in [3.63, 3.8) is 0 Å². The minimum absolute atomic E-state index is 0.0400. The van der Waals surface area contributed by atoms with Gasteiger partial charge in [-0.15, -0.1) is 12.6 Å². The van der Waals surface area contributed by atoms with E-state index in [0.29, 0.717) is 0 Å². The molecule has 3 unspecified atom stereocenters. The summed E-state index contributed by atoms with van der Waals surface area (Å²) < 4.78 is 0. The Morgan fingerprint density at radius 3 is 2.86 bits per heavy atom. The number of anilines is 1. The fraction of sp³-hybridized carbons (Fsp3) is 0.562. The fourth-order valence-electron chi connectivity index (χ4n) is 2.50. The van der Waals surface area contributed by atoms with Crippen LogP contribution in [-0.4, -0.2) is 22.6 Å². The number of unbranched alkanes of at least 4 members (excludes halogenated alkanes) is 1. The van der Waals surface area contributed by atoms with Crippen LogP contribution in [0.15, 0.2) is 24.3 Å². The molecule has 0 saturated heterocycles. The summed E-state index contributed by atoms with van der Waals surface area (Å²) in [4.78, 5) is 18.2. The average Bonchev–Trinajstić information content (AvgIpc) is 2.48. The molecule has 3 atom stereocenters. The molecule has 1 amide bonds. The van der Waals surface area contributed by atoms with Gasteiger partial charge in [0.2, 0.25) is 0 Å². The van der Waals surface area contributed by atoms with E-state index in [0.717, 1.165) is 36.9 Å². The van der Waals surface area contributed by atoms with Crippen LogP contribution < -0.4 is 5.06 Å². The highest BCUT2D eigenvalue weighted by molar-refractivity contribution is 7.80. The first-order chi connectivity index (χ1) is 10.0. The van der Waals surface area contributed by atoms with Crippen molar-refractivity contribution in [1.82, 2.24) is 0 Å². The zero-order valence-electron chi connectivity index (χ0n) is 12.5. The SMILES string of the molecule is CCCCC1Cc2ccccc2N(OC(S)C(C)O)C1=O. The third-order valence-electron chi connectivity index (χ3n) is 3.76. The van der Waals surface area contributed by atoms with Crippen LogP contribution in [0, 0.1) is 5.92 Å². The molecular formula is C16H23NO3S. The number of amides is 1. The number of nitrogens with zero attached hydrogens (tertiary/aromatic N) is 1. The normalized spacial score (nSPS) is 21.0. The number of fused-ring (bicyclic) bond motifs is 1. The van der Waals surface area contributed by atoms with Crippen molar-refractivity contribution in [2.75, 3.05) is 5.06 Å². The molecule has 2 rings (SSSR count). The molecule has 1 aliphatic heterocycles. The summed E-state index contributed by atoms with van der Waals surface area (Å²) in [5, 5.41) is 10.9. The second kappa shape index (κ2) is 7.29. The molecule has 1 heterocycles. The second-order valence-electron chi connectivity index (χ2n) is 5.54. The molecule has 0 fully saturated rings. The number of benzene rings is 1. The number of carbonyl (C=O) groups excluding carboxylic acids is 1. The minimum Gasteiger partial charge on any atom is -0.390 e. The summed E-state index contributed by atoms with van der Waals surface area (Å²) in [6, 6.07) is 7.74. The fourth-order valence-corrected chi connectivity index (χ4v) is 2.59. The molecule has 0 spiro atoms. The lowest BCUT2D eigenvalue weighted by atomic mass is 9.89. The molecule has 4 nitrogen and oxygen atoms in total. The maximum Gasteiger partial charge on any atom is 0.254 e. The van der Waals surface area contributed by atoms with Crippen molar-refractivity contribution in [3.8, 4) is 0 Å². The predicted molar refractivity (Wildman–Crippen MR) is 86.2 cm³/mol. The lowest BCUT2D eigenvalue weighted by molar-refractivity contribution is -0.133. The van der Waals surface area contributed by atoms with Gasteiger partial charge in [0.05, 0.1) is 11.8 Å². The van der Waals surface area contributed by atoms with E-state index in [2.05, 4.69) is 19.6 Å². The first-order valence-electron chi connectivity index (χ1n) is 7.49. The van der Waals surface area contributed by atoms with Crippen LogP contribution in [0.3, 0.4) is 0 Å². The van der Waals surface area contributed by atoms with Crippen molar-refractivity contribution in [2.45, 2.75) is 51.1 Å². The Bertz CT molecular complexity index is 492. The topological polar surface area (TPSA) is 49.8 Å². The van der Waals surface area contributed by atoms with E-state index in [-0.39, 0.29) is 11.8 Å². The number of hydroxylamine groups is 1. The first kappa shape index (κ1) is 16.3. The Morgan fingerprint density at radius 2 is 2.19 bits per heavy atom. The highest BCUT2D eigenvalue weighted by Crippen LogP contribution is 2.33. The van der Waals surface area contributed by atoms with E-state index in [4.69, 9.17) is 4.84 Å². The van der Waals surface area contributed by atoms with Gasteiger partial charge >= 0.3 is 0 Å². The highest BCUT2D eigenvalue weighted by atomic mass is 32.1. The molecule has 1 aliphatic rings. The van der Waals surface area contributed by atoms with Crippen LogP contribution in [0.1, 0.15) is 38.7 Å². The number of aliphatic hydroxyl groups excluding tert-OH is 1. The van der Waals surface area contributed by atoms with E-state index < -0.39 is 11.5 Å². The molecular weight excluding hydrogens is 286 g/mol. The summed E-state index contributed by atoms with van der Waals surface area (Å²) in [7, 11) is 0. The third kappa shape index (κ3) is 3.78. The number of para-hydroxylation sites is 1. The van der Waals surface area contributed by atoms with Gasteiger partial charge in [-0.25, -0.2) is 4.84 Å². The molecule has 5 heteroatoms. The Hall–Kier alpha value is -1.04. The summed E-state index contributed by atoms with van der Waals surface area (Å²) >= 11 is 4.20. The molecule has 21 heavy (non-hydrogen) atoms. The largest absolute Gasteiger partial charge is 0.390 e. The zero-order valence-corrected chi connectivity index (χ0v) is 13.4. The number of aliphatic hydroxyl groups is 1. The van der Waals surface area contributed by atoms with Crippen LogP contribution in [0.4, 0.5) is 5.69 Å². The smallest absolute Gasteiger partial charge is 0.254 e. The number of thiol groups is 1. The van der Waals surface area contributed by atoms with E-state index in [1.165, 1.54) is 5.06 Å². The summed E-state index contributed by atoms with van der Waals surface area (Å²) in [6.45, 7) is 3.71. The summed E-state index contributed by atoms with van der Waals surface area (Å²) in [6.07, 6.45) is 2.93. The van der Waals surface area contributed by atoms with Crippen LogP contribution in [0.2, 0.25) is 0 Å². The maximum absolute atomic E-state index is 12.6. The molecule has 0 radical (unpaired) electrons. The Labute approximate surface area is 131 Å². The maximum atomic E-state index is 12.6. The van der Waals surface area contributed by atoms with Crippen molar-refractivity contribution in [2.24, 2.45) is 5.92 Å².